The van der Waals surface area contributed by atoms with Crippen molar-refractivity contribution in [3.05, 3.63) is 0 Å². The predicted molar refractivity (Wildman–Crippen MR) is 49.7 cm³/mol. The molecule has 66 valence electrons. The van der Waals surface area contributed by atoms with Gasteiger partial charge in [0.1, 0.15) is 0 Å². The highest BCUT2D eigenvalue weighted by Crippen LogP contribution is 1.87. The lowest BCUT2D eigenvalue weighted by molar-refractivity contribution is 0.493. The van der Waals surface area contributed by atoms with Crippen LogP contribution in [0.2, 0.25) is 0 Å². The molecule has 0 aromatic rings. The molecule has 0 saturated carbocycles. The molecule has 0 bridgehead atoms. The number of aliphatic imine (C=N–C) groups is 1. The van der Waals surface area contributed by atoms with Crippen LogP contribution in [0.3, 0.4) is 0 Å². The first-order chi connectivity index (χ1) is 5.22. The van der Waals surface area contributed by atoms with E-state index in [1.807, 2.05) is 11.9 Å². The van der Waals surface area contributed by atoms with E-state index in [0.29, 0.717) is 5.96 Å². The minimum Gasteiger partial charge on any atom is -0.370 e. The van der Waals surface area contributed by atoms with E-state index < -0.39 is 0 Å². The second-order valence-corrected chi connectivity index (χ2v) is 2.66. The van der Waals surface area contributed by atoms with E-state index in [-0.39, 0.29) is 0 Å². The second-order valence-electron chi connectivity index (χ2n) is 2.66. The van der Waals surface area contributed by atoms with Crippen LogP contribution in [0.15, 0.2) is 4.99 Å². The van der Waals surface area contributed by atoms with Crippen LogP contribution in [-0.2, 0) is 0 Å². The zero-order valence-corrected chi connectivity index (χ0v) is 7.80. The summed E-state index contributed by atoms with van der Waals surface area (Å²) < 4.78 is 0. The number of nitrogens with two attached hydrogens (primary N) is 1. The molecule has 0 aliphatic heterocycles. The van der Waals surface area contributed by atoms with E-state index in [1.165, 1.54) is 0 Å². The van der Waals surface area contributed by atoms with E-state index in [2.05, 4.69) is 18.8 Å². The van der Waals surface area contributed by atoms with Crippen molar-refractivity contribution in [3.63, 3.8) is 0 Å². The van der Waals surface area contributed by atoms with E-state index in [1.54, 1.807) is 0 Å². The van der Waals surface area contributed by atoms with Gasteiger partial charge >= 0.3 is 0 Å². The van der Waals surface area contributed by atoms with Gasteiger partial charge in [0, 0.05) is 20.1 Å². The van der Waals surface area contributed by atoms with Gasteiger partial charge in [-0.25, -0.2) is 0 Å². The molecule has 2 N–H and O–H groups in total. The number of guanidine groups is 1. The Balaban J connectivity index is 3.69. The summed E-state index contributed by atoms with van der Waals surface area (Å²) >= 11 is 0. The molecule has 0 aliphatic carbocycles. The molecule has 11 heavy (non-hydrogen) atoms. The number of rotatable bonds is 4. The van der Waals surface area contributed by atoms with Gasteiger partial charge in [-0.15, -0.1) is 0 Å². The van der Waals surface area contributed by atoms with Gasteiger partial charge < -0.3 is 10.6 Å². The maximum atomic E-state index is 5.67. The molecule has 0 aliphatic rings. The van der Waals surface area contributed by atoms with Gasteiger partial charge in [-0.05, 0) is 12.8 Å². The molecule has 0 atom stereocenters. The molecular weight excluding hydrogens is 138 g/mol. The van der Waals surface area contributed by atoms with Crippen LogP contribution in [-0.4, -0.2) is 31.0 Å². The molecule has 0 spiro atoms. The summed E-state index contributed by atoms with van der Waals surface area (Å²) in [4.78, 5) is 6.16. The minimum atomic E-state index is 0.661. The van der Waals surface area contributed by atoms with Crippen molar-refractivity contribution in [2.75, 3.05) is 20.1 Å². The van der Waals surface area contributed by atoms with Crippen molar-refractivity contribution < 1.29 is 0 Å². The van der Waals surface area contributed by atoms with Gasteiger partial charge in [-0.3, -0.25) is 4.99 Å². The van der Waals surface area contributed by atoms with Gasteiger partial charge in [0.15, 0.2) is 5.96 Å². The van der Waals surface area contributed by atoms with E-state index in [0.717, 1.165) is 25.9 Å². The Morgan fingerprint density at radius 1 is 1.36 bits per heavy atom. The fraction of sp³-hybridized carbons (Fsp3) is 0.875. The summed E-state index contributed by atoms with van der Waals surface area (Å²) in [5.41, 5.74) is 5.67. The predicted octanol–water partition coefficient (Wildman–Crippen LogP) is 1.05. The fourth-order valence-corrected chi connectivity index (χ4v) is 0.797. The number of hydrogen-bond acceptors (Lipinski definition) is 1. The second kappa shape index (κ2) is 6.01. The SMILES string of the molecule is CCCN=C(N)N(C)CCC. The van der Waals surface area contributed by atoms with Gasteiger partial charge in [0.25, 0.3) is 0 Å². The maximum absolute atomic E-state index is 5.67. The number of nitrogens with zero attached hydrogens (tertiary/aromatic N) is 2. The molecule has 0 heterocycles. The third-order valence-corrected chi connectivity index (χ3v) is 1.45. The van der Waals surface area contributed by atoms with Gasteiger partial charge in [-0.2, -0.15) is 0 Å². The largest absolute Gasteiger partial charge is 0.370 e. The summed E-state index contributed by atoms with van der Waals surface area (Å²) in [6, 6.07) is 0. The van der Waals surface area contributed by atoms with Crippen LogP contribution >= 0.6 is 0 Å². The molecule has 0 amide bonds. The standard InChI is InChI=1S/C8H19N3/c1-4-6-10-8(9)11(3)7-5-2/h4-7H2,1-3H3,(H2,9,10). The highest BCUT2D eigenvalue weighted by Gasteiger charge is 1.97. The van der Waals surface area contributed by atoms with Crippen LogP contribution in [0.5, 0.6) is 0 Å². The minimum absolute atomic E-state index is 0.661. The van der Waals surface area contributed by atoms with Crippen LogP contribution in [0.4, 0.5) is 0 Å². The third kappa shape index (κ3) is 4.65. The van der Waals surface area contributed by atoms with Crippen molar-refractivity contribution >= 4 is 5.96 Å². The Morgan fingerprint density at radius 3 is 2.45 bits per heavy atom. The smallest absolute Gasteiger partial charge is 0.190 e. The summed E-state index contributed by atoms with van der Waals surface area (Å²) in [5, 5.41) is 0. The van der Waals surface area contributed by atoms with Crippen molar-refractivity contribution in [1.29, 1.82) is 0 Å². The number of hydrogen-bond donors (Lipinski definition) is 1. The highest BCUT2D eigenvalue weighted by atomic mass is 15.2. The molecule has 3 nitrogen and oxygen atoms in total. The average Bonchev–Trinajstić information content (AvgIpc) is 2.00. The normalized spacial score (nSPS) is 11.7. The first-order valence-electron chi connectivity index (χ1n) is 4.23. The lowest BCUT2D eigenvalue weighted by atomic mass is 10.4. The molecule has 0 saturated heterocycles. The third-order valence-electron chi connectivity index (χ3n) is 1.45. The quantitative estimate of drug-likeness (QED) is 0.489. The van der Waals surface area contributed by atoms with E-state index >= 15 is 0 Å². The maximum Gasteiger partial charge on any atom is 0.190 e. The van der Waals surface area contributed by atoms with Crippen molar-refractivity contribution in [2.45, 2.75) is 26.7 Å². The van der Waals surface area contributed by atoms with Crippen molar-refractivity contribution in [1.82, 2.24) is 4.90 Å². The van der Waals surface area contributed by atoms with Gasteiger partial charge in [0.05, 0.1) is 0 Å². The lowest BCUT2D eigenvalue weighted by Crippen LogP contribution is -2.34. The first kappa shape index (κ1) is 10.3. The summed E-state index contributed by atoms with van der Waals surface area (Å²) in [6.45, 7) is 6.04. The zero-order valence-electron chi connectivity index (χ0n) is 7.80. The molecule has 0 fully saturated rings. The molecule has 0 aromatic carbocycles. The molecular formula is C8H19N3. The molecule has 3 heteroatoms. The molecule has 0 unspecified atom stereocenters. The molecule has 0 rings (SSSR count). The van der Waals surface area contributed by atoms with Crippen LogP contribution < -0.4 is 5.73 Å². The average molecular weight is 157 g/mol. The summed E-state index contributed by atoms with van der Waals surface area (Å²) in [5.74, 6) is 0.661. The van der Waals surface area contributed by atoms with Crippen molar-refractivity contribution in [3.8, 4) is 0 Å². The van der Waals surface area contributed by atoms with Crippen LogP contribution in [0.1, 0.15) is 26.7 Å². The monoisotopic (exact) mass is 157 g/mol. The molecule has 0 radical (unpaired) electrons. The highest BCUT2D eigenvalue weighted by molar-refractivity contribution is 5.77. The Morgan fingerprint density at radius 2 is 2.00 bits per heavy atom. The summed E-state index contributed by atoms with van der Waals surface area (Å²) in [7, 11) is 1.97. The van der Waals surface area contributed by atoms with Gasteiger partial charge in [-0.1, -0.05) is 13.8 Å². The van der Waals surface area contributed by atoms with Crippen LogP contribution in [0.25, 0.3) is 0 Å². The van der Waals surface area contributed by atoms with E-state index in [9.17, 15) is 0 Å². The Hall–Kier alpha value is -0.730. The van der Waals surface area contributed by atoms with Crippen molar-refractivity contribution in [2.24, 2.45) is 10.7 Å². The lowest BCUT2D eigenvalue weighted by Gasteiger charge is -2.16. The topological polar surface area (TPSA) is 41.6 Å². The van der Waals surface area contributed by atoms with E-state index in [4.69, 9.17) is 5.73 Å². The fourth-order valence-electron chi connectivity index (χ4n) is 0.797. The Labute approximate surface area is 69.3 Å². The van der Waals surface area contributed by atoms with Crippen LogP contribution in [0, 0.1) is 0 Å². The Bertz CT molecular complexity index is 121. The zero-order chi connectivity index (χ0) is 8.69. The Kier molecular flexibility index (Phi) is 5.61. The molecule has 0 aromatic heterocycles. The summed E-state index contributed by atoms with van der Waals surface area (Å²) in [6.07, 6.45) is 2.17. The van der Waals surface area contributed by atoms with Gasteiger partial charge in [0.2, 0.25) is 0 Å². The first-order valence-corrected chi connectivity index (χ1v) is 4.23.